The van der Waals surface area contributed by atoms with E-state index in [0.29, 0.717) is 11.6 Å². The molecule has 1 aromatic carbocycles. The molecule has 1 saturated heterocycles. The summed E-state index contributed by atoms with van der Waals surface area (Å²) in [4.78, 5) is 4.80. The first kappa shape index (κ1) is 15.1. The van der Waals surface area contributed by atoms with E-state index in [1.165, 1.54) is 0 Å². The molecule has 1 aliphatic heterocycles. The Kier molecular flexibility index (Phi) is 4.88. The van der Waals surface area contributed by atoms with Gasteiger partial charge in [0.05, 0.1) is 5.69 Å². The van der Waals surface area contributed by atoms with Crippen LogP contribution < -0.4 is 10.6 Å². The van der Waals surface area contributed by atoms with Gasteiger partial charge in [0.15, 0.2) is 5.84 Å². The number of amidine groups is 1. The Morgan fingerprint density at radius 1 is 1.50 bits per heavy atom. The lowest BCUT2D eigenvalue weighted by Gasteiger charge is -2.40. The van der Waals surface area contributed by atoms with Gasteiger partial charge in [-0.3, -0.25) is 4.90 Å². The predicted molar refractivity (Wildman–Crippen MR) is 85.6 cm³/mol. The zero-order valence-corrected chi connectivity index (χ0v) is 13.5. The molecule has 3 N–H and O–H groups in total. The van der Waals surface area contributed by atoms with Crippen LogP contribution >= 0.6 is 15.9 Å². The van der Waals surface area contributed by atoms with Gasteiger partial charge in [-0.1, -0.05) is 12.1 Å². The molecule has 1 aliphatic rings. The quantitative estimate of drug-likeness (QED) is 0.382. The first-order chi connectivity index (χ1) is 9.56. The average Bonchev–Trinajstić information content (AvgIpc) is 2.47. The van der Waals surface area contributed by atoms with Gasteiger partial charge >= 0.3 is 0 Å². The molecule has 1 unspecified atom stereocenters. The van der Waals surface area contributed by atoms with E-state index in [2.05, 4.69) is 44.9 Å². The Labute approximate surface area is 128 Å². The summed E-state index contributed by atoms with van der Waals surface area (Å²) in [5.41, 5.74) is 7.48. The molecule has 0 aromatic heterocycles. The third-order valence-electron chi connectivity index (χ3n) is 3.94. The van der Waals surface area contributed by atoms with E-state index in [1.54, 1.807) is 0 Å². The van der Waals surface area contributed by atoms with Crippen molar-refractivity contribution < 1.29 is 5.21 Å². The van der Waals surface area contributed by atoms with Crippen LogP contribution in [0.2, 0.25) is 0 Å². The van der Waals surface area contributed by atoms with Crippen molar-refractivity contribution in [3.8, 4) is 0 Å². The molecule has 0 saturated carbocycles. The van der Waals surface area contributed by atoms with Gasteiger partial charge in [0.2, 0.25) is 0 Å². The van der Waals surface area contributed by atoms with E-state index >= 15 is 0 Å². The second-order valence-electron chi connectivity index (χ2n) is 5.14. The van der Waals surface area contributed by atoms with Gasteiger partial charge < -0.3 is 15.8 Å². The second-order valence-corrected chi connectivity index (χ2v) is 5.99. The number of rotatable bonds is 3. The van der Waals surface area contributed by atoms with Crippen LogP contribution in [0.15, 0.2) is 27.8 Å². The highest BCUT2D eigenvalue weighted by Gasteiger charge is 2.24. The largest absolute Gasteiger partial charge is 0.409 e. The molecule has 0 bridgehead atoms. The van der Waals surface area contributed by atoms with E-state index in [9.17, 15) is 0 Å². The molecular formula is C14H21BrN4O. The fraction of sp³-hybridized carbons (Fsp3) is 0.500. The number of likely N-dealkylation sites (N-methyl/N-ethyl adjacent to an activating group) is 1. The van der Waals surface area contributed by atoms with Gasteiger partial charge in [-0.2, -0.15) is 0 Å². The molecule has 2 rings (SSSR count). The van der Waals surface area contributed by atoms with Crippen molar-refractivity contribution in [2.24, 2.45) is 10.9 Å². The van der Waals surface area contributed by atoms with Gasteiger partial charge in [-0.15, -0.1) is 0 Å². The van der Waals surface area contributed by atoms with Crippen molar-refractivity contribution in [2.75, 3.05) is 31.6 Å². The van der Waals surface area contributed by atoms with E-state index in [4.69, 9.17) is 10.9 Å². The fourth-order valence-corrected chi connectivity index (χ4v) is 3.22. The highest BCUT2D eigenvalue weighted by Crippen LogP contribution is 2.29. The topological polar surface area (TPSA) is 65.1 Å². The van der Waals surface area contributed by atoms with E-state index in [-0.39, 0.29) is 5.84 Å². The van der Waals surface area contributed by atoms with Crippen LogP contribution in [-0.4, -0.2) is 48.7 Å². The molecule has 1 heterocycles. The third kappa shape index (κ3) is 3.07. The van der Waals surface area contributed by atoms with E-state index in [0.717, 1.165) is 36.2 Å². The molecule has 110 valence electrons. The molecule has 0 spiro atoms. The number of piperazine rings is 1. The lowest BCUT2D eigenvalue weighted by Crippen LogP contribution is -2.51. The zero-order chi connectivity index (χ0) is 14.7. The molecular weight excluding hydrogens is 320 g/mol. The van der Waals surface area contributed by atoms with Crippen LogP contribution in [0.25, 0.3) is 0 Å². The van der Waals surface area contributed by atoms with Crippen LogP contribution in [0, 0.1) is 0 Å². The normalized spacial score (nSPS) is 21.2. The first-order valence-corrected chi connectivity index (χ1v) is 7.58. The second kappa shape index (κ2) is 6.45. The maximum atomic E-state index is 8.72. The number of hydrogen-bond donors (Lipinski definition) is 2. The molecule has 0 aliphatic carbocycles. The monoisotopic (exact) mass is 340 g/mol. The van der Waals surface area contributed by atoms with Gasteiger partial charge in [-0.05, 0) is 47.6 Å². The van der Waals surface area contributed by atoms with Crippen molar-refractivity contribution in [1.29, 1.82) is 0 Å². The molecule has 20 heavy (non-hydrogen) atoms. The summed E-state index contributed by atoms with van der Waals surface area (Å²) in [7, 11) is 2.18. The number of halogens is 1. The maximum Gasteiger partial charge on any atom is 0.170 e. The Hall–Kier alpha value is -1.27. The van der Waals surface area contributed by atoms with Crippen LogP contribution in [0.5, 0.6) is 0 Å². The SMILES string of the molecule is CCC1CN(c2ccc(/C(N)=N/O)cc2Br)CCN1C. The molecule has 6 heteroatoms. The molecule has 0 amide bonds. The van der Waals surface area contributed by atoms with Crippen molar-refractivity contribution in [2.45, 2.75) is 19.4 Å². The highest BCUT2D eigenvalue weighted by atomic mass is 79.9. The molecule has 1 atom stereocenters. The van der Waals surface area contributed by atoms with E-state index in [1.807, 2.05) is 18.2 Å². The maximum absolute atomic E-state index is 8.72. The Bertz CT molecular complexity index is 506. The van der Waals surface area contributed by atoms with Crippen LogP contribution in [-0.2, 0) is 0 Å². The summed E-state index contributed by atoms with van der Waals surface area (Å²) in [6.45, 7) is 5.32. The highest BCUT2D eigenvalue weighted by molar-refractivity contribution is 9.10. The lowest BCUT2D eigenvalue weighted by atomic mass is 10.1. The van der Waals surface area contributed by atoms with Gasteiger partial charge in [0.1, 0.15) is 0 Å². The number of anilines is 1. The van der Waals surface area contributed by atoms with Gasteiger partial charge in [-0.25, -0.2) is 0 Å². The van der Waals surface area contributed by atoms with Gasteiger partial charge in [0.25, 0.3) is 0 Å². The molecule has 5 nitrogen and oxygen atoms in total. The molecule has 1 fully saturated rings. The van der Waals surface area contributed by atoms with Crippen LogP contribution in [0.4, 0.5) is 5.69 Å². The summed E-state index contributed by atoms with van der Waals surface area (Å²) in [6, 6.07) is 6.38. The fourth-order valence-electron chi connectivity index (χ4n) is 2.59. The van der Waals surface area contributed by atoms with E-state index < -0.39 is 0 Å². The number of nitrogens with two attached hydrogens (primary N) is 1. The average molecular weight is 341 g/mol. The summed E-state index contributed by atoms with van der Waals surface area (Å²) in [5, 5.41) is 11.8. The lowest BCUT2D eigenvalue weighted by molar-refractivity contribution is 0.213. The smallest absolute Gasteiger partial charge is 0.170 e. The number of oxime groups is 1. The van der Waals surface area contributed by atoms with Crippen molar-refractivity contribution in [1.82, 2.24) is 4.90 Å². The molecule has 0 radical (unpaired) electrons. The number of hydrogen-bond acceptors (Lipinski definition) is 4. The summed E-state index contributed by atoms with van der Waals surface area (Å²) < 4.78 is 0.973. The third-order valence-corrected chi connectivity index (χ3v) is 4.58. The minimum atomic E-state index is 0.127. The number of nitrogens with zero attached hydrogens (tertiary/aromatic N) is 3. The summed E-state index contributed by atoms with van der Waals surface area (Å²) in [6.07, 6.45) is 1.15. The zero-order valence-electron chi connectivity index (χ0n) is 11.9. The Balaban J connectivity index is 2.21. The standard InChI is InChI=1S/C14H21BrN4O/c1-3-11-9-19(7-6-18(11)2)13-5-4-10(8-12(13)15)14(16)17-20/h4-5,8,11,20H,3,6-7,9H2,1-2H3,(H2,16,17). The minimum absolute atomic E-state index is 0.127. The Morgan fingerprint density at radius 2 is 2.25 bits per heavy atom. The first-order valence-electron chi connectivity index (χ1n) is 6.79. The summed E-state index contributed by atoms with van der Waals surface area (Å²) in [5.74, 6) is 0.127. The predicted octanol–water partition coefficient (Wildman–Crippen LogP) is 2.07. The minimum Gasteiger partial charge on any atom is -0.409 e. The van der Waals surface area contributed by atoms with Crippen molar-refractivity contribution in [3.63, 3.8) is 0 Å². The van der Waals surface area contributed by atoms with Crippen molar-refractivity contribution >= 4 is 27.5 Å². The van der Waals surface area contributed by atoms with Gasteiger partial charge in [0, 0.05) is 35.7 Å². The molecule has 1 aromatic rings. The summed E-state index contributed by atoms with van der Waals surface area (Å²) >= 11 is 3.59. The van der Waals surface area contributed by atoms with Crippen molar-refractivity contribution in [3.05, 3.63) is 28.2 Å². The Morgan fingerprint density at radius 3 is 2.85 bits per heavy atom. The van der Waals surface area contributed by atoms with Crippen LogP contribution in [0.3, 0.4) is 0 Å². The number of benzene rings is 1. The van der Waals surface area contributed by atoms with Crippen LogP contribution in [0.1, 0.15) is 18.9 Å².